The van der Waals surface area contributed by atoms with E-state index < -0.39 is 10.3 Å². The fourth-order valence-corrected chi connectivity index (χ4v) is 1.69. The minimum Gasteiger partial charge on any atom is -0.269 e. The Kier molecular flexibility index (Phi) is 2.97. The highest BCUT2D eigenvalue weighted by atomic mass is 32.2. The summed E-state index contributed by atoms with van der Waals surface area (Å²) in [4.78, 5) is 3.81. The van der Waals surface area contributed by atoms with Crippen LogP contribution in [0.15, 0.2) is 30.6 Å². The predicted octanol–water partition coefficient (Wildman–Crippen LogP) is 0.306. The Morgan fingerprint density at radius 1 is 1.29 bits per heavy atom. The van der Waals surface area contributed by atoms with Crippen LogP contribution < -0.4 is 0 Å². The minimum absolute atomic E-state index is 0. The van der Waals surface area contributed by atoms with Crippen LogP contribution in [-0.4, -0.2) is 39.3 Å². The first-order valence-electron chi connectivity index (χ1n) is 3.49. The Labute approximate surface area is 91.4 Å². The summed E-state index contributed by atoms with van der Waals surface area (Å²) in [6.45, 7) is 0. The monoisotopic (exact) mass is 225 g/mol. The van der Waals surface area contributed by atoms with Crippen molar-refractivity contribution in [2.24, 2.45) is 0 Å². The van der Waals surface area contributed by atoms with Crippen LogP contribution in [-0.2, 0) is 10.3 Å². The third-order valence-corrected chi connectivity index (χ3v) is 2.46. The first-order chi connectivity index (χ1) is 6.09. The Morgan fingerprint density at radius 3 is 2.57 bits per heavy atom. The molecular formula is C7H6AlN2O3S. The molecule has 0 unspecified atom stereocenters. The summed E-state index contributed by atoms with van der Waals surface area (Å²) in [5.74, 6) is 0. The van der Waals surface area contributed by atoms with Gasteiger partial charge in [0.05, 0.1) is 11.0 Å². The van der Waals surface area contributed by atoms with Crippen LogP contribution in [0.1, 0.15) is 0 Å². The van der Waals surface area contributed by atoms with E-state index in [9.17, 15) is 8.42 Å². The third-order valence-electron chi connectivity index (χ3n) is 1.67. The molecule has 0 saturated carbocycles. The molecule has 0 atom stereocenters. The van der Waals surface area contributed by atoms with E-state index >= 15 is 0 Å². The van der Waals surface area contributed by atoms with Gasteiger partial charge < -0.3 is 0 Å². The zero-order valence-corrected chi connectivity index (χ0v) is 9.00. The smallest absolute Gasteiger partial charge is 0.269 e. The third kappa shape index (κ3) is 1.81. The van der Waals surface area contributed by atoms with Crippen LogP contribution in [0.25, 0.3) is 11.0 Å². The van der Waals surface area contributed by atoms with E-state index in [0.717, 1.165) is 10.3 Å². The van der Waals surface area contributed by atoms with Crippen molar-refractivity contribution in [3.8, 4) is 0 Å². The van der Waals surface area contributed by atoms with E-state index in [-0.39, 0.29) is 17.4 Å². The largest absolute Gasteiger partial charge is 0.365 e. The second-order valence-electron chi connectivity index (χ2n) is 2.51. The molecule has 0 fully saturated rings. The van der Waals surface area contributed by atoms with Crippen LogP contribution in [0.2, 0.25) is 0 Å². The maximum Gasteiger partial charge on any atom is 0.365 e. The normalized spacial score (nSPS) is 11.2. The summed E-state index contributed by atoms with van der Waals surface area (Å²) in [5.41, 5.74) is 0.894. The maximum atomic E-state index is 10.8. The van der Waals surface area contributed by atoms with Gasteiger partial charge >= 0.3 is 10.3 Å². The van der Waals surface area contributed by atoms with Gasteiger partial charge in [-0.1, -0.05) is 12.1 Å². The number of hydrogen-bond donors (Lipinski definition) is 1. The molecule has 2 aromatic rings. The highest BCUT2D eigenvalue weighted by molar-refractivity contribution is 7.84. The summed E-state index contributed by atoms with van der Waals surface area (Å²) in [6.07, 6.45) is 1.07. The van der Waals surface area contributed by atoms with Gasteiger partial charge in [-0.3, -0.25) is 4.55 Å². The fourth-order valence-electron chi connectivity index (χ4n) is 1.12. The van der Waals surface area contributed by atoms with Crippen molar-refractivity contribution in [3.05, 3.63) is 30.6 Å². The number of fused-ring (bicyclic) bond motifs is 1. The van der Waals surface area contributed by atoms with Crippen LogP contribution >= 0.6 is 0 Å². The van der Waals surface area contributed by atoms with Crippen molar-refractivity contribution in [1.82, 2.24) is 8.96 Å². The number of para-hydroxylation sites is 2. The second kappa shape index (κ2) is 3.71. The van der Waals surface area contributed by atoms with Gasteiger partial charge in [0, 0.05) is 17.4 Å². The van der Waals surface area contributed by atoms with Crippen LogP contribution in [0.3, 0.4) is 0 Å². The van der Waals surface area contributed by atoms with Gasteiger partial charge in [0.1, 0.15) is 6.33 Å². The van der Waals surface area contributed by atoms with Gasteiger partial charge in [-0.2, -0.15) is 8.42 Å². The van der Waals surface area contributed by atoms with Crippen molar-refractivity contribution >= 4 is 38.7 Å². The molecule has 3 radical (unpaired) electrons. The number of hydrogen-bond acceptors (Lipinski definition) is 3. The van der Waals surface area contributed by atoms with E-state index in [1.165, 1.54) is 0 Å². The Hall–Kier alpha value is -0.868. The maximum absolute atomic E-state index is 10.8. The Balaban J connectivity index is 0.000000980. The summed E-state index contributed by atoms with van der Waals surface area (Å²) in [5, 5.41) is 0. The summed E-state index contributed by atoms with van der Waals surface area (Å²) in [6, 6.07) is 6.64. The fraction of sp³-hybridized carbons (Fsp3) is 0. The van der Waals surface area contributed by atoms with Gasteiger partial charge in [0.2, 0.25) is 0 Å². The van der Waals surface area contributed by atoms with E-state index in [1.54, 1.807) is 24.3 Å². The topological polar surface area (TPSA) is 72.2 Å². The molecule has 0 aliphatic rings. The molecule has 5 nitrogen and oxygen atoms in total. The lowest BCUT2D eigenvalue weighted by Gasteiger charge is -1.96. The molecule has 7 heteroatoms. The molecule has 14 heavy (non-hydrogen) atoms. The number of rotatable bonds is 1. The molecule has 1 N–H and O–H groups in total. The van der Waals surface area contributed by atoms with Crippen LogP contribution in [0.4, 0.5) is 0 Å². The van der Waals surface area contributed by atoms with Gasteiger partial charge in [-0.25, -0.2) is 8.96 Å². The molecule has 0 bridgehead atoms. The lowest BCUT2D eigenvalue weighted by Crippen LogP contribution is -2.08. The lowest BCUT2D eigenvalue weighted by molar-refractivity contribution is 0.474. The molecule has 1 aromatic carbocycles. The number of benzene rings is 1. The highest BCUT2D eigenvalue weighted by Gasteiger charge is 2.11. The molecule has 71 valence electrons. The predicted molar refractivity (Wildman–Crippen MR) is 52.4 cm³/mol. The summed E-state index contributed by atoms with van der Waals surface area (Å²) < 4.78 is 31.1. The van der Waals surface area contributed by atoms with Crippen LogP contribution in [0, 0.1) is 0 Å². The van der Waals surface area contributed by atoms with Gasteiger partial charge in [0.25, 0.3) is 0 Å². The van der Waals surface area contributed by atoms with Gasteiger partial charge in [-0.15, -0.1) is 0 Å². The molecular weight excluding hydrogens is 219 g/mol. The quantitative estimate of drug-likeness (QED) is 0.560. The van der Waals surface area contributed by atoms with E-state index in [2.05, 4.69) is 4.98 Å². The van der Waals surface area contributed by atoms with Crippen molar-refractivity contribution in [2.75, 3.05) is 0 Å². The zero-order chi connectivity index (χ0) is 9.47. The SMILES string of the molecule is O=S(=O)(O)n1cnc2ccccc21.[Al]. The standard InChI is InChI=1S/C7H6N2O3S.Al/c10-13(11,12)9-5-8-6-3-1-2-4-7(6)9;/h1-5H,(H,10,11,12);. The van der Waals surface area contributed by atoms with Crippen molar-refractivity contribution < 1.29 is 13.0 Å². The van der Waals surface area contributed by atoms with Crippen molar-refractivity contribution in [3.63, 3.8) is 0 Å². The van der Waals surface area contributed by atoms with Crippen molar-refractivity contribution in [2.45, 2.75) is 0 Å². The average Bonchev–Trinajstić information content (AvgIpc) is 2.45. The van der Waals surface area contributed by atoms with Crippen LogP contribution in [0.5, 0.6) is 0 Å². The zero-order valence-electron chi connectivity index (χ0n) is 7.03. The molecule has 0 spiro atoms. The molecule has 1 heterocycles. The van der Waals surface area contributed by atoms with E-state index in [1.807, 2.05) is 0 Å². The number of nitrogens with zero attached hydrogens (tertiary/aromatic N) is 2. The van der Waals surface area contributed by atoms with Gasteiger partial charge in [-0.05, 0) is 12.1 Å². The molecule has 2 rings (SSSR count). The molecule has 0 aliphatic carbocycles. The number of imidazole rings is 1. The van der Waals surface area contributed by atoms with E-state index in [0.29, 0.717) is 11.0 Å². The summed E-state index contributed by atoms with van der Waals surface area (Å²) in [7, 11) is -4.23. The number of aromatic nitrogens is 2. The first-order valence-corrected chi connectivity index (χ1v) is 4.89. The molecule has 1 aromatic heterocycles. The highest BCUT2D eigenvalue weighted by Crippen LogP contribution is 2.12. The second-order valence-corrected chi connectivity index (χ2v) is 3.80. The molecule has 0 aliphatic heterocycles. The lowest BCUT2D eigenvalue weighted by atomic mass is 10.3. The molecule has 0 saturated heterocycles. The minimum atomic E-state index is -4.23. The molecule has 0 amide bonds. The first kappa shape index (κ1) is 11.2. The average molecular weight is 225 g/mol. The Bertz CT molecular complexity index is 549. The summed E-state index contributed by atoms with van der Waals surface area (Å²) >= 11 is 0. The van der Waals surface area contributed by atoms with Gasteiger partial charge in [0.15, 0.2) is 0 Å². The van der Waals surface area contributed by atoms with E-state index in [4.69, 9.17) is 4.55 Å². The van der Waals surface area contributed by atoms with Crippen molar-refractivity contribution in [1.29, 1.82) is 0 Å². The Morgan fingerprint density at radius 2 is 1.93 bits per heavy atom.